The highest BCUT2D eigenvalue weighted by Gasteiger charge is 2.41. The second kappa shape index (κ2) is 9.69. The molecule has 26 heavy (non-hydrogen) atoms. The average molecular weight is 404 g/mol. The topological polar surface area (TPSA) is 101 Å². The molecule has 0 spiro atoms. The van der Waals surface area contributed by atoms with Gasteiger partial charge in [0.1, 0.15) is 0 Å². The lowest BCUT2D eigenvalue weighted by atomic mass is 9.77. The predicted molar refractivity (Wildman–Crippen MR) is 107 cm³/mol. The largest absolute Gasteiger partial charge is 0.329 e. The first-order chi connectivity index (χ1) is 11.8. The molecule has 148 valence electrons. The Morgan fingerprint density at radius 3 is 2.50 bits per heavy atom. The van der Waals surface area contributed by atoms with E-state index >= 15 is 0 Å². The minimum Gasteiger partial charge on any atom is -0.329 e. The van der Waals surface area contributed by atoms with Crippen molar-refractivity contribution in [3.05, 3.63) is 24.3 Å². The fourth-order valence-corrected chi connectivity index (χ4v) is 4.73. The van der Waals surface area contributed by atoms with Gasteiger partial charge in [-0.15, -0.1) is 12.4 Å². The predicted octanol–water partition coefficient (Wildman–Crippen LogP) is 2.89. The summed E-state index contributed by atoms with van der Waals surface area (Å²) in [6.07, 6.45) is 4.78. The Hall–Kier alpha value is -1.15. The number of hydrogen-bond donors (Lipinski definition) is 3. The normalized spacial score (nSPS) is 16.3. The van der Waals surface area contributed by atoms with Crippen LogP contribution in [0.4, 0.5) is 5.69 Å². The maximum absolute atomic E-state index is 12.9. The Kier molecular flexibility index (Phi) is 8.53. The Morgan fingerprint density at radius 1 is 1.27 bits per heavy atom. The van der Waals surface area contributed by atoms with Gasteiger partial charge in [-0.05, 0) is 43.4 Å². The van der Waals surface area contributed by atoms with Gasteiger partial charge in [0.15, 0.2) is 0 Å². The van der Waals surface area contributed by atoms with Crippen LogP contribution in [0.25, 0.3) is 0 Å². The van der Waals surface area contributed by atoms with Crippen LogP contribution in [0, 0.1) is 11.3 Å². The lowest BCUT2D eigenvalue weighted by Crippen LogP contribution is -2.35. The van der Waals surface area contributed by atoms with E-state index in [-0.39, 0.29) is 41.7 Å². The molecule has 1 amide bonds. The first-order valence-corrected chi connectivity index (χ1v) is 10.4. The minimum atomic E-state index is -3.62. The number of hydrogen-bond acceptors (Lipinski definition) is 4. The summed E-state index contributed by atoms with van der Waals surface area (Å²) in [5.41, 5.74) is 5.53. The van der Waals surface area contributed by atoms with Crippen molar-refractivity contribution in [2.24, 2.45) is 17.1 Å². The molecule has 4 N–H and O–H groups in total. The number of nitrogens with one attached hydrogen (secondary N) is 2. The molecule has 1 aromatic rings. The summed E-state index contributed by atoms with van der Waals surface area (Å²) in [5.74, 6) is 0.444. The molecule has 2 rings (SSSR count). The van der Waals surface area contributed by atoms with Crippen molar-refractivity contribution in [1.29, 1.82) is 0 Å². The number of carbonyl (C=O) groups is 1. The number of halogens is 1. The van der Waals surface area contributed by atoms with Crippen molar-refractivity contribution < 1.29 is 13.2 Å². The van der Waals surface area contributed by atoms with Crippen LogP contribution in [0.5, 0.6) is 0 Å². The van der Waals surface area contributed by atoms with Crippen LogP contribution in [-0.4, -0.2) is 27.4 Å². The number of rotatable bonds is 8. The molecule has 1 fully saturated rings. The molecule has 1 saturated carbocycles. The zero-order valence-electron chi connectivity index (χ0n) is 15.5. The smallest absolute Gasteiger partial charge is 0.240 e. The molecular weight excluding hydrogens is 374 g/mol. The lowest BCUT2D eigenvalue weighted by molar-refractivity contribution is -0.126. The van der Waals surface area contributed by atoms with Crippen LogP contribution in [0.15, 0.2) is 29.2 Å². The number of carbonyl (C=O) groups excluding carboxylic acids is 1. The molecule has 0 aromatic heterocycles. The number of nitrogens with two attached hydrogens (primary N) is 1. The maximum atomic E-state index is 12.9. The molecule has 6 nitrogen and oxygen atoms in total. The average Bonchev–Trinajstić information content (AvgIpc) is 3.02. The summed E-state index contributed by atoms with van der Waals surface area (Å²) in [7, 11) is -3.62. The SMILES string of the molecule is CC(C)CC1(C(=O)Nc2cccc(S(=O)(=O)NCCN)c2)CCCC1.Cl. The fourth-order valence-electron chi connectivity index (χ4n) is 3.64. The van der Waals surface area contributed by atoms with Gasteiger partial charge in [-0.2, -0.15) is 0 Å². The van der Waals surface area contributed by atoms with E-state index in [0.29, 0.717) is 11.6 Å². The summed E-state index contributed by atoms with van der Waals surface area (Å²) in [6.45, 7) is 4.66. The first-order valence-electron chi connectivity index (χ1n) is 8.90. The van der Waals surface area contributed by atoms with Crippen molar-refractivity contribution in [3.8, 4) is 0 Å². The van der Waals surface area contributed by atoms with Gasteiger partial charge >= 0.3 is 0 Å². The van der Waals surface area contributed by atoms with E-state index in [1.54, 1.807) is 12.1 Å². The maximum Gasteiger partial charge on any atom is 0.240 e. The van der Waals surface area contributed by atoms with E-state index in [1.165, 1.54) is 12.1 Å². The zero-order valence-corrected chi connectivity index (χ0v) is 17.1. The van der Waals surface area contributed by atoms with Gasteiger partial charge in [-0.25, -0.2) is 13.1 Å². The molecule has 1 aliphatic carbocycles. The molecule has 1 aromatic carbocycles. The van der Waals surface area contributed by atoms with Crippen LogP contribution < -0.4 is 15.8 Å². The second-order valence-electron chi connectivity index (χ2n) is 7.25. The number of sulfonamides is 1. The number of amides is 1. The van der Waals surface area contributed by atoms with Crippen molar-refractivity contribution in [3.63, 3.8) is 0 Å². The van der Waals surface area contributed by atoms with E-state index < -0.39 is 10.0 Å². The van der Waals surface area contributed by atoms with Crippen LogP contribution in [0.1, 0.15) is 46.0 Å². The molecule has 0 heterocycles. The second-order valence-corrected chi connectivity index (χ2v) is 9.02. The molecule has 0 saturated heterocycles. The van der Waals surface area contributed by atoms with Gasteiger partial charge in [0.25, 0.3) is 0 Å². The standard InChI is InChI=1S/C18H29N3O3S.ClH/c1-14(2)13-18(8-3-4-9-18)17(22)21-15-6-5-7-16(12-15)25(23,24)20-11-10-19;/h5-7,12,14,20H,3-4,8-11,13,19H2,1-2H3,(H,21,22);1H. The van der Waals surface area contributed by atoms with E-state index in [4.69, 9.17) is 5.73 Å². The van der Waals surface area contributed by atoms with Gasteiger partial charge < -0.3 is 11.1 Å². The molecule has 0 aliphatic heterocycles. The van der Waals surface area contributed by atoms with Crippen molar-refractivity contribution in [2.75, 3.05) is 18.4 Å². The summed E-state index contributed by atoms with van der Waals surface area (Å²) < 4.78 is 26.9. The monoisotopic (exact) mass is 403 g/mol. The first kappa shape index (κ1) is 22.9. The van der Waals surface area contributed by atoms with Gasteiger partial charge in [0.05, 0.1) is 4.90 Å². The van der Waals surface area contributed by atoms with E-state index in [9.17, 15) is 13.2 Å². The van der Waals surface area contributed by atoms with Gasteiger partial charge in [0, 0.05) is 24.2 Å². The molecule has 1 aliphatic rings. The Labute approximate surface area is 162 Å². The fraction of sp³-hybridized carbons (Fsp3) is 0.611. The third-order valence-electron chi connectivity index (χ3n) is 4.68. The molecule has 0 atom stereocenters. The highest BCUT2D eigenvalue weighted by molar-refractivity contribution is 7.89. The minimum absolute atomic E-state index is 0. The van der Waals surface area contributed by atoms with Crippen LogP contribution in [0.3, 0.4) is 0 Å². The highest BCUT2D eigenvalue weighted by atomic mass is 35.5. The quantitative estimate of drug-likeness (QED) is 0.621. The van der Waals surface area contributed by atoms with Crippen LogP contribution >= 0.6 is 12.4 Å². The Balaban J connectivity index is 0.00000338. The summed E-state index contributed by atoms with van der Waals surface area (Å²) in [6, 6.07) is 6.36. The van der Waals surface area contributed by atoms with Gasteiger partial charge in [0.2, 0.25) is 15.9 Å². The van der Waals surface area contributed by atoms with Crippen molar-refractivity contribution >= 4 is 34.0 Å². The van der Waals surface area contributed by atoms with Gasteiger partial charge in [-0.1, -0.05) is 32.8 Å². The van der Waals surface area contributed by atoms with E-state index in [0.717, 1.165) is 32.1 Å². The molecule has 0 radical (unpaired) electrons. The zero-order chi connectivity index (χ0) is 18.5. The number of benzene rings is 1. The third-order valence-corrected chi connectivity index (χ3v) is 6.14. The third kappa shape index (κ3) is 5.67. The van der Waals surface area contributed by atoms with E-state index in [1.807, 2.05) is 0 Å². The summed E-state index contributed by atoms with van der Waals surface area (Å²) in [4.78, 5) is 13.0. The molecular formula is C18H30ClN3O3S. The molecule has 0 unspecified atom stereocenters. The van der Waals surface area contributed by atoms with Crippen LogP contribution in [0.2, 0.25) is 0 Å². The van der Waals surface area contributed by atoms with Crippen LogP contribution in [-0.2, 0) is 14.8 Å². The number of anilines is 1. The van der Waals surface area contributed by atoms with Crippen molar-refractivity contribution in [1.82, 2.24) is 4.72 Å². The van der Waals surface area contributed by atoms with E-state index in [2.05, 4.69) is 23.9 Å². The summed E-state index contributed by atoms with van der Waals surface area (Å²) >= 11 is 0. The Morgan fingerprint density at radius 2 is 1.92 bits per heavy atom. The molecule has 8 heteroatoms. The lowest BCUT2D eigenvalue weighted by Gasteiger charge is -2.29. The van der Waals surface area contributed by atoms with Gasteiger partial charge in [-0.3, -0.25) is 4.79 Å². The molecule has 0 bridgehead atoms. The highest BCUT2D eigenvalue weighted by Crippen LogP contribution is 2.44. The van der Waals surface area contributed by atoms with Crippen molar-refractivity contribution in [2.45, 2.75) is 50.8 Å². The Bertz CT molecular complexity index is 701. The summed E-state index contributed by atoms with van der Waals surface area (Å²) in [5, 5.41) is 2.94.